The predicted molar refractivity (Wildman–Crippen MR) is 252 cm³/mol. The molecule has 0 amide bonds. The summed E-state index contributed by atoms with van der Waals surface area (Å²) < 4.78 is 65.5. The lowest BCUT2D eigenvalue weighted by molar-refractivity contribution is -0.213. The van der Waals surface area contributed by atoms with Gasteiger partial charge < -0.3 is 49.3 Å². The Balaban J connectivity index is 2.70. The maximum Gasteiger partial charge on any atom is 0.472 e. The molecule has 394 valence electrons. The second-order valence-electron chi connectivity index (χ2n) is 17.4. The zero-order valence-electron chi connectivity index (χ0n) is 40.0. The molecule has 0 aliphatic heterocycles. The third-order valence-corrected chi connectivity index (χ3v) is 13.3. The summed E-state index contributed by atoms with van der Waals surface area (Å²) >= 11 is 0. The van der Waals surface area contributed by atoms with Gasteiger partial charge in [-0.25, -0.2) is 13.7 Å². The van der Waals surface area contributed by atoms with Gasteiger partial charge in [0, 0.05) is 12.8 Å². The van der Waals surface area contributed by atoms with Crippen LogP contribution in [0.5, 0.6) is 0 Å². The van der Waals surface area contributed by atoms with Gasteiger partial charge in [0.25, 0.3) is 0 Å². The Morgan fingerprint density at radius 3 is 1.34 bits per heavy atom. The molecule has 1 fully saturated rings. The Kier molecular flexibility index (Phi) is 35.5. The maximum absolute atomic E-state index is 13.1. The smallest absolute Gasteiger partial charge is 0.462 e. The molecular weight excluding hydrogens is 937 g/mol. The molecule has 0 bridgehead atoms. The Hall–Kier alpha value is -1.37. The number of carbonyl (C=O) groups is 2. The molecule has 5 unspecified atom stereocenters. The quantitative estimate of drug-likeness (QED) is 0.0122. The first-order valence-corrected chi connectivity index (χ1v) is 29.2. The van der Waals surface area contributed by atoms with Crippen LogP contribution in [0.15, 0.2) is 24.3 Å². The van der Waals surface area contributed by atoms with Crippen LogP contribution in [-0.2, 0) is 50.9 Å². The molecule has 0 heterocycles. The number of phosphoric acid groups is 3. The fourth-order valence-corrected chi connectivity index (χ4v) is 9.65. The average Bonchev–Trinajstić information content (AvgIpc) is 3.25. The molecule has 0 radical (unpaired) electrons. The van der Waals surface area contributed by atoms with Gasteiger partial charge in [-0.1, -0.05) is 160 Å². The van der Waals surface area contributed by atoms with E-state index in [1.165, 1.54) is 64.2 Å². The lowest BCUT2D eigenvalue weighted by Gasteiger charge is -2.44. The molecule has 8 atom stereocenters. The molecule has 19 nitrogen and oxygen atoms in total. The Bertz CT molecular complexity index is 1500. The standard InChI is InChI=1S/C45H85O19P3/c1-3-5-7-9-11-13-15-17-18-19-20-22-23-25-27-29-31-33-38(46)59-35-37(61-39(47)34-32-30-28-26-24-21-16-14-12-10-8-6-4-2)36-60-67(57,58)64-43-40(48)41(49)44(62-65(51,52)53)45(42(43)50)63-66(54,55)56/h11,13,17-18,37,40-45,48-50H,3-10,12,14-16,19-36H2,1-2H3,(H,57,58)(H2,51,52,53)(H2,54,55,56)/b13-11-,18-17-/t37-,40?,41?,42?,43+,44?,45+/m1/s1. The van der Waals surface area contributed by atoms with Crippen LogP contribution in [0.3, 0.4) is 0 Å². The predicted octanol–water partition coefficient (Wildman–Crippen LogP) is 9.07. The zero-order chi connectivity index (χ0) is 50.0. The molecular formula is C45H85O19P3. The first-order valence-electron chi connectivity index (χ1n) is 24.6. The molecule has 0 saturated heterocycles. The van der Waals surface area contributed by atoms with Crippen molar-refractivity contribution in [3.63, 3.8) is 0 Å². The Morgan fingerprint density at radius 2 is 0.866 bits per heavy atom. The van der Waals surface area contributed by atoms with Crippen LogP contribution in [0.1, 0.15) is 194 Å². The SMILES string of the molecule is CCCCC/C=C\C/C=C\CCCCCCCCCC(=O)OC[C@H](COP(=O)(O)O[C@H]1C(O)C(O)C(OP(=O)(O)O)[C@@H](OP(=O)(O)O)C1O)OC(=O)CCCCCCCCCCCCCCC. The van der Waals surface area contributed by atoms with E-state index in [1.54, 1.807) is 0 Å². The van der Waals surface area contributed by atoms with E-state index in [2.05, 4.69) is 47.2 Å². The number of allylic oxidation sites excluding steroid dienone is 4. The van der Waals surface area contributed by atoms with Crippen molar-refractivity contribution < 1.29 is 90.6 Å². The highest BCUT2D eigenvalue weighted by Gasteiger charge is 2.56. The summed E-state index contributed by atoms with van der Waals surface area (Å²) in [6.07, 6.45) is 20.5. The number of phosphoric ester groups is 3. The second-order valence-corrected chi connectivity index (χ2v) is 21.2. The largest absolute Gasteiger partial charge is 0.472 e. The summed E-state index contributed by atoms with van der Waals surface area (Å²) in [5.41, 5.74) is 0. The minimum absolute atomic E-state index is 0.000198. The van der Waals surface area contributed by atoms with E-state index in [0.717, 1.165) is 89.9 Å². The van der Waals surface area contributed by atoms with Gasteiger partial charge in [-0.3, -0.25) is 27.7 Å². The maximum atomic E-state index is 13.1. The fourth-order valence-electron chi connectivity index (χ4n) is 7.55. The number of ether oxygens (including phenoxy) is 2. The van der Waals surface area contributed by atoms with Gasteiger partial charge in [0.15, 0.2) is 6.10 Å². The highest BCUT2D eigenvalue weighted by Crippen LogP contribution is 2.51. The average molecular weight is 1020 g/mol. The first-order chi connectivity index (χ1) is 31.8. The van der Waals surface area contributed by atoms with E-state index >= 15 is 0 Å². The van der Waals surface area contributed by atoms with E-state index in [0.29, 0.717) is 12.8 Å². The van der Waals surface area contributed by atoms with E-state index in [1.807, 2.05) is 0 Å². The molecule has 0 aromatic heterocycles. The van der Waals surface area contributed by atoms with Crippen LogP contribution in [0, 0.1) is 0 Å². The van der Waals surface area contributed by atoms with Gasteiger partial charge in [-0.2, -0.15) is 0 Å². The number of hydrogen-bond acceptors (Lipinski definition) is 14. The van der Waals surface area contributed by atoms with E-state index in [-0.39, 0.29) is 12.8 Å². The van der Waals surface area contributed by atoms with Crippen LogP contribution >= 0.6 is 23.5 Å². The first kappa shape index (κ1) is 63.6. The summed E-state index contributed by atoms with van der Waals surface area (Å²) in [6.45, 7) is 2.92. The van der Waals surface area contributed by atoms with E-state index < -0.39 is 91.3 Å². The lowest BCUT2D eigenvalue weighted by Crippen LogP contribution is -2.65. The zero-order valence-corrected chi connectivity index (χ0v) is 42.7. The normalized spacial score (nSPS) is 21.8. The summed E-state index contributed by atoms with van der Waals surface area (Å²) in [4.78, 5) is 73.2. The third kappa shape index (κ3) is 33.8. The summed E-state index contributed by atoms with van der Waals surface area (Å²) in [5.74, 6) is -1.30. The van der Waals surface area contributed by atoms with Crippen molar-refractivity contribution in [3.05, 3.63) is 24.3 Å². The minimum atomic E-state index is -5.60. The van der Waals surface area contributed by atoms with Crippen molar-refractivity contribution in [2.75, 3.05) is 13.2 Å². The second kappa shape index (κ2) is 37.4. The third-order valence-electron chi connectivity index (χ3n) is 11.3. The van der Waals surface area contributed by atoms with Crippen molar-refractivity contribution >= 4 is 35.4 Å². The number of esters is 2. The Labute approximate surface area is 398 Å². The molecule has 67 heavy (non-hydrogen) atoms. The summed E-state index contributed by atoms with van der Waals surface area (Å²) in [6, 6.07) is 0. The van der Waals surface area contributed by atoms with Gasteiger partial charge in [-0.05, 0) is 44.9 Å². The molecule has 0 spiro atoms. The van der Waals surface area contributed by atoms with Crippen LogP contribution in [0.4, 0.5) is 0 Å². The molecule has 1 aliphatic carbocycles. The highest BCUT2D eigenvalue weighted by atomic mass is 31.2. The van der Waals surface area contributed by atoms with Gasteiger partial charge in [-0.15, -0.1) is 0 Å². The van der Waals surface area contributed by atoms with Gasteiger partial charge in [0.05, 0.1) is 6.61 Å². The van der Waals surface area contributed by atoms with Crippen molar-refractivity contribution in [1.29, 1.82) is 0 Å². The molecule has 1 aliphatic rings. The van der Waals surface area contributed by atoms with Crippen LogP contribution < -0.4 is 0 Å². The molecule has 1 saturated carbocycles. The van der Waals surface area contributed by atoms with Crippen LogP contribution in [-0.4, -0.2) is 108 Å². The summed E-state index contributed by atoms with van der Waals surface area (Å²) in [5, 5.41) is 31.9. The minimum Gasteiger partial charge on any atom is -0.462 e. The van der Waals surface area contributed by atoms with Crippen molar-refractivity contribution in [1.82, 2.24) is 0 Å². The molecule has 0 aromatic rings. The Morgan fingerprint density at radius 1 is 0.478 bits per heavy atom. The summed E-state index contributed by atoms with van der Waals surface area (Å²) in [7, 11) is -16.6. The number of aliphatic hydroxyl groups is 3. The molecule has 1 rings (SSSR count). The monoisotopic (exact) mass is 1020 g/mol. The number of carbonyl (C=O) groups excluding carboxylic acids is 2. The number of unbranched alkanes of at least 4 members (excludes halogenated alkanes) is 22. The number of rotatable bonds is 42. The lowest BCUT2D eigenvalue weighted by atomic mass is 9.85. The van der Waals surface area contributed by atoms with Gasteiger partial charge in [0.2, 0.25) is 0 Å². The van der Waals surface area contributed by atoms with E-state index in [4.69, 9.17) is 18.5 Å². The van der Waals surface area contributed by atoms with Crippen LogP contribution in [0.2, 0.25) is 0 Å². The molecule has 0 aromatic carbocycles. The topological polar surface area (TPSA) is 303 Å². The van der Waals surface area contributed by atoms with Crippen molar-refractivity contribution in [2.24, 2.45) is 0 Å². The highest BCUT2D eigenvalue weighted by molar-refractivity contribution is 7.47. The van der Waals surface area contributed by atoms with Gasteiger partial charge in [0.1, 0.15) is 43.2 Å². The molecule has 22 heteroatoms. The van der Waals surface area contributed by atoms with Crippen LogP contribution in [0.25, 0.3) is 0 Å². The number of hydrogen-bond donors (Lipinski definition) is 8. The van der Waals surface area contributed by atoms with E-state index in [9.17, 15) is 63.1 Å². The fraction of sp³-hybridized carbons (Fsp3) is 0.867. The van der Waals surface area contributed by atoms with Gasteiger partial charge >= 0.3 is 35.4 Å². The molecule has 8 N–H and O–H groups in total. The van der Waals surface area contributed by atoms with Crippen molar-refractivity contribution in [3.8, 4) is 0 Å². The van der Waals surface area contributed by atoms with Crippen molar-refractivity contribution in [2.45, 2.75) is 236 Å². The number of aliphatic hydroxyl groups excluding tert-OH is 3.